The maximum absolute atomic E-state index is 13.7. The first kappa shape index (κ1) is 20.6. The Morgan fingerprint density at radius 2 is 2.03 bits per heavy atom. The number of hydrogen-bond acceptors (Lipinski definition) is 4. The van der Waals surface area contributed by atoms with E-state index in [1.165, 1.54) is 36.8 Å². The number of carbonyl (C=O) groups is 1. The molecule has 1 amide bonds. The van der Waals surface area contributed by atoms with E-state index in [-0.39, 0.29) is 33.9 Å². The van der Waals surface area contributed by atoms with E-state index in [4.69, 9.17) is 0 Å². The van der Waals surface area contributed by atoms with E-state index in [1.807, 2.05) is 6.07 Å². The van der Waals surface area contributed by atoms with Crippen molar-refractivity contribution < 1.29 is 9.90 Å². The molecule has 5 unspecified atom stereocenters. The van der Waals surface area contributed by atoms with E-state index in [0.29, 0.717) is 23.6 Å². The molecule has 2 N–H and O–H groups in total. The number of nitrogens with zero attached hydrogens (tertiary/aromatic N) is 2. The lowest BCUT2D eigenvalue weighted by molar-refractivity contribution is -0.122. The lowest BCUT2D eigenvalue weighted by Gasteiger charge is -2.68. The molecule has 1 aromatic carbocycles. The standard InChI is InChI=1S/C29H33N3O3/c33-20-7-6-17-13-24-28-9-8-23-25(29(28,22(17)14-20)10-12-31(24)19-3-1-4-19)18(15-28)16-32(23)27(35)21-5-2-11-30-26(21)34/h2,5-7,11,14,18-19,23-25,33H,1,3-4,8-10,12-13,15-16H2,(H,30,34)/t18-,23?,24?,25?,28?,29?/m1/s1. The van der Waals surface area contributed by atoms with Gasteiger partial charge in [0.15, 0.2) is 0 Å². The largest absolute Gasteiger partial charge is 0.508 e. The number of aromatic nitrogens is 1. The summed E-state index contributed by atoms with van der Waals surface area (Å²) in [5, 5.41) is 10.6. The van der Waals surface area contributed by atoms with Crippen LogP contribution >= 0.6 is 0 Å². The fourth-order valence-electron chi connectivity index (χ4n) is 10.2. The van der Waals surface area contributed by atoms with Crippen molar-refractivity contribution >= 4 is 5.91 Å². The summed E-state index contributed by atoms with van der Waals surface area (Å²) in [5.41, 5.74) is 3.04. The number of nitrogens with one attached hydrogen (secondary N) is 1. The van der Waals surface area contributed by atoms with Crippen molar-refractivity contribution in [1.29, 1.82) is 0 Å². The van der Waals surface area contributed by atoms with Gasteiger partial charge in [-0.2, -0.15) is 0 Å². The molecule has 6 aliphatic rings. The van der Waals surface area contributed by atoms with Crippen molar-refractivity contribution in [3.05, 3.63) is 63.6 Å². The summed E-state index contributed by atoms with van der Waals surface area (Å²) in [6.07, 6.45) is 11.2. The molecule has 3 heterocycles. The Balaban J connectivity index is 1.27. The highest BCUT2D eigenvalue weighted by Gasteiger charge is 2.76. The maximum atomic E-state index is 13.7. The normalized spacial score (nSPS) is 39.1. The van der Waals surface area contributed by atoms with E-state index in [2.05, 4.69) is 26.9 Å². The quantitative estimate of drug-likeness (QED) is 0.704. The van der Waals surface area contributed by atoms with Crippen LogP contribution in [0.4, 0.5) is 0 Å². The van der Waals surface area contributed by atoms with Crippen molar-refractivity contribution in [2.75, 3.05) is 13.1 Å². The molecular formula is C29H33N3O3. The molecule has 8 rings (SSSR count). The Morgan fingerprint density at radius 1 is 1.14 bits per heavy atom. The maximum Gasteiger partial charge on any atom is 0.260 e. The van der Waals surface area contributed by atoms with Gasteiger partial charge in [-0.05, 0) is 104 Å². The van der Waals surface area contributed by atoms with Crippen LogP contribution in [0.3, 0.4) is 0 Å². The fraction of sp³-hybridized carbons (Fsp3) is 0.586. The van der Waals surface area contributed by atoms with E-state index in [9.17, 15) is 14.7 Å². The highest BCUT2D eigenvalue weighted by Crippen LogP contribution is 2.75. The Morgan fingerprint density at radius 3 is 2.83 bits per heavy atom. The number of H-pyrrole nitrogens is 1. The second-order valence-electron chi connectivity index (χ2n) is 12.2. The van der Waals surface area contributed by atoms with Gasteiger partial charge in [0, 0.05) is 36.3 Å². The first-order valence-electron chi connectivity index (χ1n) is 13.6. The summed E-state index contributed by atoms with van der Waals surface area (Å²) in [6, 6.07) is 11.0. The number of piperidine rings is 1. The summed E-state index contributed by atoms with van der Waals surface area (Å²) in [6.45, 7) is 1.89. The Bertz CT molecular complexity index is 1300. The minimum atomic E-state index is -0.292. The number of phenolic OH excluding ortho intramolecular Hbond substituents is 1. The first-order valence-corrected chi connectivity index (χ1v) is 13.6. The summed E-state index contributed by atoms with van der Waals surface area (Å²) in [5.74, 6) is 1.14. The first-order chi connectivity index (χ1) is 17.0. The minimum Gasteiger partial charge on any atom is -0.508 e. The molecule has 2 aromatic rings. The third kappa shape index (κ3) is 2.35. The summed E-state index contributed by atoms with van der Waals surface area (Å²) in [7, 11) is 0. The number of fused-ring (bicyclic) bond motifs is 1. The Hall–Kier alpha value is -2.60. The molecular weight excluding hydrogens is 438 g/mol. The van der Waals surface area contributed by atoms with Crippen LogP contribution in [0.5, 0.6) is 5.75 Å². The van der Waals surface area contributed by atoms with E-state index in [0.717, 1.165) is 44.8 Å². The molecule has 2 aliphatic heterocycles. The molecule has 35 heavy (non-hydrogen) atoms. The van der Waals surface area contributed by atoms with Gasteiger partial charge in [-0.1, -0.05) is 12.5 Å². The van der Waals surface area contributed by atoms with Gasteiger partial charge in [-0.15, -0.1) is 0 Å². The Kier molecular flexibility index (Phi) is 3.99. The van der Waals surface area contributed by atoms with Crippen LogP contribution < -0.4 is 5.56 Å². The molecule has 6 heteroatoms. The van der Waals surface area contributed by atoms with Crippen LogP contribution in [-0.2, 0) is 11.8 Å². The SMILES string of the molecule is O=C(c1ccc[nH]c1=O)N1C[C@H]2CC34CCC1C2C31CCN(C2CCC2)C4Cc2ccc(O)cc21. The smallest absolute Gasteiger partial charge is 0.260 e. The van der Waals surface area contributed by atoms with Crippen LogP contribution in [0.1, 0.15) is 66.4 Å². The van der Waals surface area contributed by atoms with Gasteiger partial charge < -0.3 is 15.0 Å². The van der Waals surface area contributed by atoms with E-state index in [1.54, 1.807) is 18.3 Å². The average Bonchev–Trinajstić information content (AvgIpc) is 3.26. The topological polar surface area (TPSA) is 76.6 Å². The van der Waals surface area contributed by atoms with Gasteiger partial charge in [0.1, 0.15) is 11.3 Å². The highest BCUT2D eigenvalue weighted by atomic mass is 16.3. The summed E-state index contributed by atoms with van der Waals surface area (Å²) in [4.78, 5) is 33.8. The molecule has 4 bridgehead atoms. The van der Waals surface area contributed by atoms with E-state index < -0.39 is 0 Å². The fourth-order valence-corrected chi connectivity index (χ4v) is 10.2. The van der Waals surface area contributed by atoms with Crippen LogP contribution in [-0.4, -0.2) is 57.0 Å². The second kappa shape index (κ2) is 6.78. The zero-order valence-electron chi connectivity index (χ0n) is 20.1. The predicted octanol–water partition coefficient (Wildman–Crippen LogP) is 3.44. The number of hydrogen-bond donors (Lipinski definition) is 2. The predicted molar refractivity (Wildman–Crippen MR) is 131 cm³/mol. The van der Waals surface area contributed by atoms with Gasteiger partial charge in [0.25, 0.3) is 11.5 Å². The summed E-state index contributed by atoms with van der Waals surface area (Å²) >= 11 is 0. The van der Waals surface area contributed by atoms with Crippen LogP contribution in [0.2, 0.25) is 0 Å². The number of pyridine rings is 1. The molecule has 6 nitrogen and oxygen atoms in total. The minimum absolute atomic E-state index is 0.0238. The molecule has 6 atom stereocenters. The zero-order valence-corrected chi connectivity index (χ0v) is 20.1. The molecule has 0 spiro atoms. The zero-order chi connectivity index (χ0) is 23.5. The number of phenols is 1. The van der Waals surface area contributed by atoms with Crippen molar-refractivity contribution in [3.8, 4) is 5.75 Å². The van der Waals surface area contributed by atoms with Crippen molar-refractivity contribution in [2.45, 2.75) is 74.9 Å². The molecule has 182 valence electrons. The van der Waals surface area contributed by atoms with E-state index >= 15 is 0 Å². The van der Waals surface area contributed by atoms with Gasteiger partial charge in [-0.25, -0.2) is 0 Å². The molecule has 1 aromatic heterocycles. The molecule has 4 aliphatic carbocycles. The van der Waals surface area contributed by atoms with Crippen LogP contribution in [0, 0.1) is 17.3 Å². The number of rotatable bonds is 2. The monoisotopic (exact) mass is 471 g/mol. The van der Waals surface area contributed by atoms with Gasteiger partial charge in [-0.3, -0.25) is 14.5 Å². The van der Waals surface area contributed by atoms with Crippen molar-refractivity contribution in [2.24, 2.45) is 17.3 Å². The number of amides is 1. The molecule has 3 saturated carbocycles. The van der Waals surface area contributed by atoms with Gasteiger partial charge >= 0.3 is 0 Å². The molecule has 2 saturated heterocycles. The Labute approximate surface area is 205 Å². The highest BCUT2D eigenvalue weighted by molar-refractivity contribution is 5.94. The van der Waals surface area contributed by atoms with Gasteiger partial charge in [0.2, 0.25) is 0 Å². The molecule has 5 fully saturated rings. The molecule has 0 radical (unpaired) electrons. The third-order valence-corrected chi connectivity index (χ3v) is 11.4. The number of likely N-dealkylation sites (tertiary alicyclic amines) is 2. The second-order valence-corrected chi connectivity index (χ2v) is 12.2. The van der Waals surface area contributed by atoms with Crippen LogP contribution in [0.15, 0.2) is 41.3 Å². The van der Waals surface area contributed by atoms with Crippen LogP contribution in [0.25, 0.3) is 0 Å². The lowest BCUT2D eigenvalue weighted by Crippen LogP contribution is -2.71. The van der Waals surface area contributed by atoms with Gasteiger partial charge in [0.05, 0.1) is 0 Å². The lowest BCUT2D eigenvalue weighted by atomic mass is 9.43. The number of benzene rings is 1. The van der Waals surface area contributed by atoms with Crippen molar-refractivity contribution in [1.82, 2.24) is 14.8 Å². The number of aromatic hydroxyl groups is 1. The summed E-state index contributed by atoms with van der Waals surface area (Å²) < 4.78 is 0. The third-order valence-electron chi connectivity index (χ3n) is 11.4. The number of aromatic amines is 1. The average molecular weight is 472 g/mol. The van der Waals surface area contributed by atoms with Crippen molar-refractivity contribution in [3.63, 3.8) is 0 Å². The number of carbonyl (C=O) groups excluding carboxylic acids is 1.